The molecule has 2 aromatic rings. The molecule has 0 radical (unpaired) electrons. The number of rotatable bonds is 5. The van der Waals surface area contributed by atoms with E-state index in [0.717, 1.165) is 5.56 Å². The van der Waals surface area contributed by atoms with Crippen LogP contribution in [0.1, 0.15) is 37.8 Å². The van der Waals surface area contributed by atoms with Crippen LogP contribution in [0.25, 0.3) is 0 Å². The molecule has 0 bridgehead atoms. The molecule has 1 unspecified atom stereocenters. The SMILES string of the molecule is CC[C@@H](CO)NC(=O)N1CCC2(CC1)C(=O)N(c1ccc(F)cc1)C2c1ccc(Cl)cc1. The molecule has 1 spiro atoms. The van der Waals surface area contributed by atoms with Gasteiger partial charge < -0.3 is 20.2 Å². The number of anilines is 1. The predicted molar refractivity (Wildman–Crippen MR) is 121 cm³/mol. The topological polar surface area (TPSA) is 72.9 Å². The normalized spacial score (nSPS) is 20.8. The van der Waals surface area contributed by atoms with Crippen molar-refractivity contribution in [2.45, 2.75) is 38.3 Å². The maximum Gasteiger partial charge on any atom is 0.317 e. The second-order valence-electron chi connectivity index (χ2n) is 8.49. The van der Waals surface area contributed by atoms with E-state index < -0.39 is 5.41 Å². The van der Waals surface area contributed by atoms with E-state index >= 15 is 0 Å². The quantitative estimate of drug-likeness (QED) is 0.660. The van der Waals surface area contributed by atoms with Gasteiger partial charge in [0.15, 0.2) is 0 Å². The number of halogens is 2. The minimum atomic E-state index is -0.625. The molecule has 8 heteroatoms. The number of hydrogen-bond donors (Lipinski definition) is 2. The van der Waals surface area contributed by atoms with Crippen LogP contribution in [0.3, 0.4) is 0 Å². The van der Waals surface area contributed by atoms with Crippen LogP contribution in [0.15, 0.2) is 48.5 Å². The van der Waals surface area contributed by atoms with Crippen molar-refractivity contribution in [3.8, 4) is 0 Å². The molecule has 2 aliphatic heterocycles. The molecular formula is C24H27ClFN3O3. The molecule has 4 rings (SSSR count). The standard InChI is InChI=1S/C24H27ClFN3O3/c1-2-19(15-30)27-23(32)28-13-11-24(12-14-28)21(16-3-5-17(25)6-4-16)29(22(24)31)20-9-7-18(26)8-10-20/h3-10,19,21,30H,2,11-15H2,1H3,(H,27,32)/t19-,21?/m0/s1. The Hall–Kier alpha value is -2.64. The van der Waals surface area contributed by atoms with E-state index in [1.165, 1.54) is 12.1 Å². The lowest BCUT2D eigenvalue weighted by atomic mass is 9.62. The summed E-state index contributed by atoms with van der Waals surface area (Å²) < 4.78 is 13.5. The first-order valence-electron chi connectivity index (χ1n) is 10.9. The summed E-state index contributed by atoms with van der Waals surface area (Å²) in [6.07, 6.45) is 1.70. The molecule has 2 saturated heterocycles. The molecule has 2 aliphatic rings. The highest BCUT2D eigenvalue weighted by molar-refractivity contribution is 6.30. The molecule has 2 fully saturated rings. The first kappa shape index (κ1) is 22.6. The fraction of sp³-hybridized carbons (Fsp3) is 0.417. The summed E-state index contributed by atoms with van der Waals surface area (Å²) in [6, 6.07) is 12.7. The third-order valence-electron chi connectivity index (χ3n) is 6.70. The Balaban J connectivity index is 1.57. The number of nitrogens with zero attached hydrogens (tertiary/aromatic N) is 2. The lowest BCUT2D eigenvalue weighted by Crippen LogP contribution is -2.67. The predicted octanol–water partition coefficient (Wildman–Crippen LogP) is 4.13. The van der Waals surface area contributed by atoms with Crippen LogP contribution in [0.2, 0.25) is 5.02 Å². The van der Waals surface area contributed by atoms with Crippen LogP contribution < -0.4 is 10.2 Å². The second kappa shape index (κ2) is 9.08. The summed E-state index contributed by atoms with van der Waals surface area (Å²) >= 11 is 6.08. The Morgan fingerprint density at radius 2 is 1.81 bits per heavy atom. The van der Waals surface area contributed by atoms with E-state index in [0.29, 0.717) is 43.1 Å². The summed E-state index contributed by atoms with van der Waals surface area (Å²) in [5, 5.41) is 12.8. The molecule has 32 heavy (non-hydrogen) atoms. The number of aliphatic hydroxyl groups excluding tert-OH is 1. The van der Waals surface area contributed by atoms with Crippen molar-refractivity contribution in [1.82, 2.24) is 10.2 Å². The maximum absolute atomic E-state index is 13.5. The average Bonchev–Trinajstić information content (AvgIpc) is 2.82. The van der Waals surface area contributed by atoms with Gasteiger partial charge in [-0.05, 0) is 61.2 Å². The van der Waals surface area contributed by atoms with Crippen LogP contribution in [0, 0.1) is 11.2 Å². The van der Waals surface area contributed by atoms with E-state index in [1.54, 1.807) is 34.1 Å². The van der Waals surface area contributed by atoms with Gasteiger partial charge in [-0.15, -0.1) is 0 Å². The Labute approximate surface area is 192 Å². The molecule has 2 aromatic carbocycles. The molecule has 2 atom stereocenters. The fourth-order valence-corrected chi connectivity index (χ4v) is 4.90. The zero-order chi connectivity index (χ0) is 22.9. The third-order valence-corrected chi connectivity index (χ3v) is 6.95. The van der Waals surface area contributed by atoms with Crippen LogP contribution in [0.4, 0.5) is 14.9 Å². The largest absolute Gasteiger partial charge is 0.394 e. The summed E-state index contributed by atoms with van der Waals surface area (Å²) in [4.78, 5) is 29.5. The lowest BCUT2D eigenvalue weighted by Gasteiger charge is -2.59. The number of carbonyl (C=O) groups is 2. The molecule has 0 aliphatic carbocycles. The highest BCUT2D eigenvalue weighted by Gasteiger charge is 2.62. The highest BCUT2D eigenvalue weighted by atomic mass is 35.5. The number of likely N-dealkylation sites (tertiary alicyclic amines) is 1. The minimum absolute atomic E-state index is 0.00842. The van der Waals surface area contributed by atoms with Crippen LogP contribution in [-0.4, -0.2) is 47.7 Å². The Kier molecular flexibility index (Phi) is 6.40. The molecule has 0 aromatic heterocycles. The lowest BCUT2D eigenvalue weighted by molar-refractivity contribution is -0.144. The van der Waals surface area contributed by atoms with Crippen molar-refractivity contribution < 1.29 is 19.1 Å². The van der Waals surface area contributed by atoms with E-state index in [9.17, 15) is 19.1 Å². The van der Waals surface area contributed by atoms with Gasteiger partial charge in [0.2, 0.25) is 5.91 Å². The number of aliphatic hydroxyl groups is 1. The van der Waals surface area contributed by atoms with Gasteiger partial charge in [0, 0.05) is 23.8 Å². The van der Waals surface area contributed by atoms with Crippen molar-refractivity contribution in [2.75, 3.05) is 24.6 Å². The summed E-state index contributed by atoms with van der Waals surface area (Å²) in [6.45, 7) is 2.69. The Morgan fingerprint density at radius 3 is 2.38 bits per heavy atom. The number of nitrogens with one attached hydrogen (secondary N) is 1. The first-order chi connectivity index (χ1) is 15.4. The van der Waals surface area contributed by atoms with E-state index in [1.807, 2.05) is 19.1 Å². The number of hydrogen-bond acceptors (Lipinski definition) is 3. The molecule has 2 heterocycles. The summed E-state index contributed by atoms with van der Waals surface area (Å²) in [5.74, 6) is -0.363. The van der Waals surface area contributed by atoms with E-state index in [-0.39, 0.29) is 36.4 Å². The highest BCUT2D eigenvalue weighted by Crippen LogP contribution is 2.57. The van der Waals surface area contributed by atoms with Crippen LogP contribution in [0.5, 0.6) is 0 Å². The molecule has 170 valence electrons. The van der Waals surface area contributed by atoms with Gasteiger partial charge in [0.25, 0.3) is 0 Å². The number of piperidine rings is 1. The van der Waals surface area contributed by atoms with Crippen molar-refractivity contribution in [3.63, 3.8) is 0 Å². The zero-order valence-corrected chi connectivity index (χ0v) is 18.7. The zero-order valence-electron chi connectivity index (χ0n) is 17.9. The van der Waals surface area contributed by atoms with Gasteiger partial charge >= 0.3 is 6.03 Å². The van der Waals surface area contributed by atoms with Gasteiger partial charge in [0.05, 0.1) is 24.1 Å². The smallest absolute Gasteiger partial charge is 0.317 e. The molecule has 3 amide bonds. The number of amides is 3. The van der Waals surface area contributed by atoms with Gasteiger partial charge in [-0.2, -0.15) is 0 Å². The molecule has 6 nitrogen and oxygen atoms in total. The van der Waals surface area contributed by atoms with Gasteiger partial charge in [-0.1, -0.05) is 30.7 Å². The van der Waals surface area contributed by atoms with Gasteiger partial charge in [-0.3, -0.25) is 4.79 Å². The number of carbonyl (C=O) groups excluding carboxylic acids is 2. The first-order valence-corrected chi connectivity index (χ1v) is 11.3. The van der Waals surface area contributed by atoms with Crippen LogP contribution >= 0.6 is 11.6 Å². The molecular weight excluding hydrogens is 433 g/mol. The fourth-order valence-electron chi connectivity index (χ4n) is 4.78. The maximum atomic E-state index is 13.5. The number of β-lactam (4-membered cyclic amide) rings is 1. The van der Waals surface area contributed by atoms with Crippen molar-refractivity contribution in [2.24, 2.45) is 5.41 Å². The number of benzene rings is 2. The van der Waals surface area contributed by atoms with Gasteiger partial charge in [-0.25, -0.2) is 9.18 Å². The molecule has 0 saturated carbocycles. The Morgan fingerprint density at radius 1 is 1.19 bits per heavy atom. The summed E-state index contributed by atoms with van der Waals surface area (Å²) in [7, 11) is 0. The summed E-state index contributed by atoms with van der Waals surface area (Å²) in [5.41, 5.74) is 0.985. The molecule has 2 N–H and O–H groups in total. The minimum Gasteiger partial charge on any atom is -0.394 e. The van der Waals surface area contributed by atoms with E-state index in [4.69, 9.17) is 11.6 Å². The van der Waals surface area contributed by atoms with Crippen LogP contribution in [-0.2, 0) is 4.79 Å². The average molecular weight is 460 g/mol. The van der Waals surface area contributed by atoms with Crippen molar-refractivity contribution in [1.29, 1.82) is 0 Å². The number of urea groups is 1. The van der Waals surface area contributed by atoms with Gasteiger partial charge in [0.1, 0.15) is 5.82 Å². The second-order valence-corrected chi connectivity index (χ2v) is 8.92. The van der Waals surface area contributed by atoms with E-state index in [2.05, 4.69) is 5.32 Å². The van der Waals surface area contributed by atoms with Crippen molar-refractivity contribution >= 4 is 29.2 Å². The third kappa shape index (κ3) is 3.95. The monoisotopic (exact) mass is 459 g/mol. The van der Waals surface area contributed by atoms with Crippen molar-refractivity contribution in [3.05, 3.63) is 64.9 Å². The Bertz CT molecular complexity index is 971.